The highest BCUT2D eigenvalue weighted by molar-refractivity contribution is 5.85. The van der Waals surface area contributed by atoms with Crippen molar-refractivity contribution in [3.05, 3.63) is 0 Å². The second kappa shape index (κ2) is 8.00. The van der Waals surface area contributed by atoms with E-state index < -0.39 is 0 Å². The molecule has 1 aliphatic carbocycles. The van der Waals surface area contributed by atoms with Crippen molar-refractivity contribution in [1.82, 2.24) is 10.6 Å². The van der Waals surface area contributed by atoms with E-state index >= 15 is 0 Å². The second-order valence-electron chi connectivity index (χ2n) is 6.42. The number of halogens is 1. The summed E-state index contributed by atoms with van der Waals surface area (Å²) < 4.78 is 0. The Hall–Kier alpha value is -0.280. The Morgan fingerprint density at radius 2 is 1.72 bits per heavy atom. The largest absolute Gasteiger partial charge is 0.355 e. The van der Waals surface area contributed by atoms with E-state index in [-0.39, 0.29) is 18.3 Å². The average Bonchev–Trinajstić information content (AvgIpc) is 2.26. The minimum atomic E-state index is 0. The van der Waals surface area contributed by atoms with Crippen LogP contribution in [0.15, 0.2) is 0 Å². The molecule has 0 aromatic rings. The van der Waals surface area contributed by atoms with Gasteiger partial charge in [-0.1, -0.05) is 20.8 Å². The van der Waals surface area contributed by atoms with Gasteiger partial charge < -0.3 is 10.6 Å². The third kappa shape index (κ3) is 6.05. The molecule has 1 aliphatic rings. The molecule has 1 saturated carbocycles. The Morgan fingerprint density at radius 3 is 2.17 bits per heavy atom. The van der Waals surface area contributed by atoms with Crippen LogP contribution in [0.2, 0.25) is 0 Å². The molecule has 1 rings (SSSR count). The quantitative estimate of drug-likeness (QED) is 0.829. The molecule has 108 valence electrons. The molecule has 0 atom stereocenters. The van der Waals surface area contributed by atoms with E-state index in [1.165, 1.54) is 25.7 Å². The van der Waals surface area contributed by atoms with Crippen LogP contribution in [0.5, 0.6) is 0 Å². The van der Waals surface area contributed by atoms with Gasteiger partial charge in [-0.2, -0.15) is 0 Å². The summed E-state index contributed by atoms with van der Waals surface area (Å²) in [5, 5.41) is 5.88. The maximum Gasteiger partial charge on any atom is 0.233 e. The van der Waals surface area contributed by atoms with Gasteiger partial charge in [-0.3, -0.25) is 4.79 Å². The maximum atomic E-state index is 11.3. The number of hydrogen-bond acceptors (Lipinski definition) is 2. The van der Waals surface area contributed by atoms with Crippen LogP contribution in [0.25, 0.3) is 0 Å². The van der Waals surface area contributed by atoms with Crippen molar-refractivity contribution in [3.8, 4) is 0 Å². The highest BCUT2D eigenvalue weighted by atomic mass is 35.5. The smallest absolute Gasteiger partial charge is 0.233 e. The van der Waals surface area contributed by atoms with Crippen molar-refractivity contribution < 1.29 is 4.79 Å². The van der Waals surface area contributed by atoms with E-state index in [1.807, 2.05) is 0 Å². The summed E-state index contributed by atoms with van der Waals surface area (Å²) in [7, 11) is 1.80. The van der Waals surface area contributed by atoms with Crippen LogP contribution in [-0.4, -0.2) is 26.0 Å². The average molecular weight is 277 g/mol. The van der Waals surface area contributed by atoms with Crippen LogP contribution in [0.1, 0.15) is 46.5 Å². The first-order valence-electron chi connectivity index (χ1n) is 6.84. The Labute approximate surface area is 118 Å². The predicted molar refractivity (Wildman–Crippen MR) is 79.1 cm³/mol. The van der Waals surface area contributed by atoms with Crippen LogP contribution in [-0.2, 0) is 4.79 Å². The Kier molecular flexibility index (Phi) is 7.88. The molecular weight excluding hydrogens is 248 g/mol. The first-order chi connectivity index (χ1) is 7.93. The minimum absolute atomic E-state index is 0. The summed E-state index contributed by atoms with van der Waals surface area (Å²) in [6, 6.07) is 0. The van der Waals surface area contributed by atoms with Crippen molar-refractivity contribution in [3.63, 3.8) is 0 Å². The van der Waals surface area contributed by atoms with Crippen LogP contribution in [0.3, 0.4) is 0 Å². The lowest BCUT2D eigenvalue weighted by atomic mass is 9.70. The lowest BCUT2D eigenvalue weighted by Crippen LogP contribution is -2.37. The molecule has 3 nitrogen and oxygen atoms in total. The van der Waals surface area contributed by atoms with Crippen LogP contribution >= 0.6 is 12.4 Å². The van der Waals surface area contributed by atoms with Crippen molar-refractivity contribution in [1.29, 1.82) is 0 Å². The topological polar surface area (TPSA) is 41.1 Å². The number of nitrogens with one attached hydrogen (secondary N) is 2. The molecule has 0 aromatic heterocycles. The van der Waals surface area contributed by atoms with Gasteiger partial charge in [0.1, 0.15) is 0 Å². The fourth-order valence-electron chi connectivity index (χ4n) is 2.71. The second-order valence-corrected chi connectivity index (χ2v) is 6.42. The van der Waals surface area contributed by atoms with Gasteiger partial charge in [-0.05, 0) is 50.0 Å². The predicted octanol–water partition coefficient (Wildman–Crippen LogP) is 2.60. The molecule has 4 heteroatoms. The van der Waals surface area contributed by atoms with Gasteiger partial charge in [-0.25, -0.2) is 0 Å². The van der Waals surface area contributed by atoms with Gasteiger partial charge in [0.05, 0.1) is 6.54 Å². The van der Waals surface area contributed by atoms with Crippen molar-refractivity contribution in [2.45, 2.75) is 46.5 Å². The maximum absolute atomic E-state index is 11.3. The monoisotopic (exact) mass is 276 g/mol. The van der Waals surface area contributed by atoms with Gasteiger partial charge >= 0.3 is 0 Å². The molecule has 2 N–H and O–H groups in total. The molecule has 1 amide bonds. The van der Waals surface area contributed by atoms with E-state index in [0.717, 1.165) is 12.5 Å². The summed E-state index contributed by atoms with van der Waals surface area (Å²) >= 11 is 0. The fraction of sp³-hybridized carbons (Fsp3) is 0.929. The SMILES string of the molecule is CNCC(=O)NCC1CCC(C(C)(C)C)CC1.Cl. The first kappa shape index (κ1) is 17.7. The number of likely N-dealkylation sites (N-methyl/N-ethyl adjacent to an activating group) is 1. The molecule has 18 heavy (non-hydrogen) atoms. The lowest BCUT2D eigenvalue weighted by Gasteiger charge is -2.37. The van der Waals surface area contributed by atoms with E-state index in [1.54, 1.807) is 7.05 Å². The van der Waals surface area contributed by atoms with Crippen molar-refractivity contribution in [2.24, 2.45) is 17.3 Å². The standard InChI is InChI=1S/C14H28N2O.ClH/c1-14(2,3)12-7-5-11(6-8-12)9-16-13(17)10-15-4;/h11-12,15H,5-10H2,1-4H3,(H,16,17);1H. The number of hydrogen-bond donors (Lipinski definition) is 2. The van der Waals surface area contributed by atoms with Crippen LogP contribution in [0.4, 0.5) is 0 Å². The van der Waals surface area contributed by atoms with Crippen LogP contribution in [0, 0.1) is 17.3 Å². The van der Waals surface area contributed by atoms with E-state index in [2.05, 4.69) is 31.4 Å². The summed E-state index contributed by atoms with van der Waals surface area (Å²) in [5.41, 5.74) is 0.445. The minimum Gasteiger partial charge on any atom is -0.355 e. The lowest BCUT2D eigenvalue weighted by molar-refractivity contribution is -0.120. The molecular formula is C14H29ClN2O. The van der Waals surface area contributed by atoms with Gasteiger partial charge in [0.25, 0.3) is 0 Å². The summed E-state index contributed by atoms with van der Waals surface area (Å²) in [5.74, 6) is 1.66. The molecule has 0 spiro atoms. The zero-order valence-electron chi connectivity index (χ0n) is 12.2. The molecule has 0 saturated heterocycles. The van der Waals surface area contributed by atoms with Gasteiger partial charge in [0.2, 0.25) is 5.91 Å². The third-order valence-electron chi connectivity index (χ3n) is 4.00. The molecule has 0 radical (unpaired) electrons. The zero-order valence-corrected chi connectivity index (χ0v) is 13.0. The highest BCUT2D eigenvalue weighted by Gasteiger charge is 2.29. The number of amides is 1. The molecule has 0 bridgehead atoms. The summed E-state index contributed by atoms with van der Waals surface area (Å²) in [4.78, 5) is 11.3. The first-order valence-corrected chi connectivity index (χ1v) is 6.84. The highest BCUT2D eigenvalue weighted by Crippen LogP contribution is 2.39. The molecule has 0 unspecified atom stereocenters. The number of carbonyl (C=O) groups excluding carboxylic acids is 1. The van der Waals surface area contributed by atoms with Crippen molar-refractivity contribution in [2.75, 3.05) is 20.1 Å². The van der Waals surface area contributed by atoms with Gasteiger partial charge in [0.15, 0.2) is 0 Å². The Bertz CT molecular complexity index is 243. The molecule has 0 heterocycles. The number of carbonyl (C=O) groups is 1. The van der Waals surface area contributed by atoms with Gasteiger partial charge in [0, 0.05) is 6.54 Å². The fourth-order valence-corrected chi connectivity index (χ4v) is 2.71. The molecule has 1 fully saturated rings. The van der Waals surface area contributed by atoms with Gasteiger partial charge in [-0.15, -0.1) is 12.4 Å². The third-order valence-corrected chi connectivity index (χ3v) is 4.00. The summed E-state index contributed by atoms with van der Waals surface area (Å²) in [6.07, 6.45) is 5.16. The Morgan fingerprint density at radius 1 is 1.17 bits per heavy atom. The molecule has 0 aromatic carbocycles. The number of rotatable bonds is 4. The Balaban J connectivity index is 0.00000289. The molecule has 0 aliphatic heterocycles. The van der Waals surface area contributed by atoms with Crippen molar-refractivity contribution >= 4 is 18.3 Å². The van der Waals surface area contributed by atoms with E-state index in [9.17, 15) is 4.79 Å². The van der Waals surface area contributed by atoms with E-state index in [4.69, 9.17) is 0 Å². The zero-order chi connectivity index (χ0) is 12.9. The normalized spacial score (nSPS) is 24.2. The van der Waals surface area contributed by atoms with E-state index in [0.29, 0.717) is 17.9 Å². The summed E-state index contributed by atoms with van der Waals surface area (Å²) in [6.45, 7) is 8.31. The van der Waals surface area contributed by atoms with Crippen LogP contribution < -0.4 is 10.6 Å².